The molecule has 2 N–H and O–H groups in total. The molecule has 1 heterocycles. The Bertz CT molecular complexity index is 617. The van der Waals surface area contributed by atoms with E-state index >= 15 is 0 Å². The molecule has 92 valence electrons. The molecule has 0 aliphatic carbocycles. The fourth-order valence-electron chi connectivity index (χ4n) is 1.72. The number of anilines is 1. The first-order valence-corrected chi connectivity index (χ1v) is 5.79. The third kappa shape index (κ3) is 2.66. The molecule has 0 bridgehead atoms. The topological polar surface area (TPSA) is 62.0 Å². The van der Waals surface area contributed by atoms with Crippen LogP contribution in [0.4, 0.5) is 5.69 Å². The molecule has 0 aliphatic rings. The zero-order chi connectivity index (χ0) is 13.0. The Hall–Kier alpha value is -2.36. The zero-order valence-corrected chi connectivity index (χ0v) is 10.1. The molecule has 0 aliphatic heterocycles. The fraction of sp³-hybridized carbons (Fsp3) is 0.143. The van der Waals surface area contributed by atoms with Crippen molar-refractivity contribution in [2.75, 3.05) is 5.32 Å². The van der Waals surface area contributed by atoms with E-state index in [1.165, 1.54) is 6.07 Å². The molecule has 1 aromatic heterocycles. The van der Waals surface area contributed by atoms with Gasteiger partial charge >= 0.3 is 0 Å². The Kier molecular flexibility index (Phi) is 3.57. The maximum absolute atomic E-state index is 12.0. The second kappa shape index (κ2) is 5.31. The van der Waals surface area contributed by atoms with Crippen LogP contribution in [0.25, 0.3) is 0 Å². The van der Waals surface area contributed by atoms with Gasteiger partial charge < -0.3 is 10.3 Å². The van der Waals surface area contributed by atoms with Gasteiger partial charge in [-0.2, -0.15) is 0 Å². The average Bonchev–Trinajstić information content (AvgIpc) is 2.39. The summed E-state index contributed by atoms with van der Waals surface area (Å²) in [5, 5.41) is 2.80. The molecule has 1 amide bonds. The van der Waals surface area contributed by atoms with E-state index in [1.54, 1.807) is 12.1 Å². The number of para-hydroxylation sites is 1. The van der Waals surface area contributed by atoms with Crippen molar-refractivity contribution in [2.24, 2.45) is 0 Å². The average molecular weight is 242 g/mol. The van der Waals surface area contributed by atoms with Crippen LogP contribution in [-0.2, 0) is 6.42 Å². The van der Waals surface area contributed by atoms with Crippen LogP contribution in [0.15, 0.2) is 47.3 Å². The van der Waals surface area contributed by atoms with Crippen LogP contribution < -0.4 is 10.9 Å². The van der Waals surface area contributed by atoms with E-state index in [2.05, 4.69) is 10.3 Å². The second-order valence-electron chi connectivity index (χ2n) is 3.89. The number of H-pyrrole nitrogens is 1. The molecule has 0 saturated carbocycles. The van der Waals surface area contributed by atoms with Crippen LogP contribution in [0.3, 0.4) is 0 Å². The molecule has 2 rings (SSSR count). The highest BCUT2D eigenvalue weighted by Gasteiger charge is 2.08. The van der Waals surface area contributed by atoms with E-state index in [4.69, 9.17) is 0 Å². The maximum Gasteiger partial charge on any atom is 0.272 e. The van der Waals surface area contributed by atoms with Gasteiger partial charge in [-0.25, -0.2) is 0 Å². The van der Waals surface area contributed by atoms with Crippen LogP contribution >= 0.6 is 0 Å². The van der Waals surface area contributed by atoms with Crippen molar-refractivity contribution in [2.45, 2.75) is 13.3 Å². The predicted molar refractivity (Wildman–Crippen MR) is 70.8 cm³/mol. The number of hydrogen-bond donors (Lipinski definition) is 2. The number of hydrogen-bond acceptors (Lipinski definition) is 2. The number of carbonyl (C=O) groups excluding carboxylic acids is 1. The third-order valence-electron chi connectivity index (χ3n) is 2.66. The van der Waals surface area contributed by atoms with Crippen molar-refractivity contribution < 1.29 is 4.79 Å². The molecule has 0 radical (unpaired) electrons. The monoisotopic (exact) mass is 242 g/mol. The Balaban J connectivity index is 2.24. The summed E-state index contributed by atoms with van der Waals surface area (Å²) in [4.78, 5) is 25.6. The number of aromatic amines is 1. The molecule has 0 fully saturated rings. The summed E-state index contributed by atoms with van der Waals surface area (Å²) >= 11 is 0. The molecular formula is C14H14N2O2. The SMILES string of the molecule is CCc1ccccc1NC(=O)c1cccc(=O)[nH]1. The molecule has 4 nitrogen and oxygen atoms in total. The molecule has 0 saturated heterocycles. The van der Waals surface area contributed by atoms with Gasteiger partial charge in [-0.1, -0.05) is 31.2 Å². The molecule has 0 unspecified atom stereocenters. The first-order valence-electron chi connectivity index (χ1n) is 5.79. The van der Waals surface area contributed by atoms with E-state index in [0.717, 1.165) is 17.7 Å². The van der Waals surface area contributed by atoms with Gasteiger partial charge in [0.25, 0.3) is 5.91 Å². The van der Waals surface area contributed by atoms with Gasteiger partial charge in [-0.3, -0.25) is 9.59 Å². The van der Waals surface area contributed by atoms with E-state index < -0.39 is 0 Å². The lowest BCUT2D eigenvalue weighted by molar-refractivity contribution is 0.102. The van der Waals surface area contributed by atoms with Crippen LogP contribution in [0, 0.1) is 0 Å². The summed E-state index contributed by atoms with van der Waals surface area (Å²) in [6.07, 6.45) is 0.835. The molecule has 1 aromatic carbocycles. The van der Waals surface area contributed by atoms with Gasteiger partial charge in [0.05, 0.1) is 0 Å². The first kappa shape index (κ1) is 12.1. The lowest BCUT2D eigenvalue weighted by atomic mass is 10.1. The van der Waals surface area contributed by atoms with Crippen molar-refractivity contribution in [3.63, 3.8) is 0 Å². The van der Waals surface area contributed by atoms with Gasteiger partial charge in [0.1, 0.15) is 5.69 Å². The number of aromatic nitrogens is 1. The number of aryl methyl sites for hydroxylation is 1. The Labute approximate surface area is 105 Å². The highest BCUT2D eigenvalue weighted by atomic mass is 16.2. The summed E-state index contributed by atoms with van der Waals surface area (Å²) in [6, 6.07) is 12.1. The Morgan fingerprint density at radius 2 is 1.94 bits per heavy atom. The summed E-state index contributed by atoms with van der Waals surface area (Å²) < 4.78 is 0. The minimum Gasteiger partial charge on any atom is -0.320 e. The minimum atomic E-state index is -0.311. The van der Waals surface area contributed by atoms with Crippen LogP contribution in [-0.4, -0.2) is 10.9 Å². The van der Waals surface area contributed by atoms with E-state index in [0.29, 0.717) is 0 Å². The molecule has 0 atom stereocenters. The lowest BCUT2D eigenvalue weighted by Gasteiger charge is -2.09. The number of pyridine rings is 1. The van der Waals surface area contributed by atoms with Gasteiger partial charge in [0, 0.05) is 11.8 Å². The predicted octanol–water partition coefficient (Wildman–Crippen LogP) is 2.19. The van der Waals surface area contributed by atoms with E-state index in [1.807, 2.05) is 31.2 Å². The van der Waals surface area contributed by atoms with Gasteiger partial charge in [-0.05, 0) is 24.1 Å². The van der Waals surface area contributed by atoms with E-state index in [9.17, 15) is 9.59 Å². The number of carbonyl (C=O) groups is 1. The standard InChI is InChI=1S/C14H14N2O2/c1-2-10-6-3-4-7-11(10)16-14(18)12-8-5-9-13(17)15-12/h3-9H,2H2,1H3,(H,15,17)(H,16,18). The molecular weight excluding hydrogens is 228 g/mol. The van der Waals surface area contributed by atoms with Crippen LogP contribution in [0.5, 0.6) is 0 Å². The van der Waals surface area contributed by atoms with Crippen molar-refractivity contribution in [1.29, 1.82) is 0 Å². The van der Waals surface area contributed by atoms with E-state index in [-0.39, 0.29) is 17.2 Å². The van der Waals surface area contributed by atoms with Gasteiger partial charge in [0.15, 0.2) is 0 Å². The van der Waals surface area contributed by atoms with Crippen molar-refractivity contribution >= 4 is 11.6 Å². The maximum atomic E-state index is 12.0. The minimum absolute atomic E-state index is 0.258. The molecule has 0 spiro atoms. The third-order valence-corrected chi connectivity index (χ3v) is 2.66. The summed E-state index contributed by atoms with van der Waals surface area (Å²) in [5.41, 5.74) is 1.80. The van der Waals surface area contributed by atoms with Crippen molar-refractivity contribution in [3.8, 4) is 0 Å². The van der Waals surface area contributed by atoms with Crippen molar-refractivity contribution in [1.82, 2.24) is 4.98 Å². The Morgan fingerprint density at radius 3 is 2.67 bits per heavy atom. The summed E-state index contributed by atoms with van der Waals surface area (Å²) in [5.74, 6) is -0.311. The highest BCUT2D eigenvalue weighted by molar-refractivity contribution is 6.03. The highest BCUT2D eigenvalue weighted by Crippen LogP contribution is 2.15. The van der Waals surface area contributed by atoms with Gasteiger partial charge in [-0.15, -0.1) is 0 Å². The van der Waals surface area contributed by atoms with Crippen molar-refractivity contribution in [3.05, 3.63) is 64.1 Å². The van der Waals surface area contributed by atoms with Gasteiger partial charge in [0.2, 0.25) is 5.56 Å². The molecule has 4 heteroatoms. The number of benzene rings is 1. The second-order valence-corrected chi connectivity index (χ2v) is 3.89. The number of rotatable bonds is 3. The van der Waals surface area contributed by atoms with Crippen LogP contribution in [0.1, 0.15) is 23.0 Å². The quantitative estimate of drug-likeness (QED) is 0.866. The first-order chi connectivity index (χ1) is 8.70. The molecule has 18 heavy (non-hydrogen) atoms. The Morgan fingerprint density at radius 1 is 1.17 bits per heavy atom. The smallest absolute Gasteiger partial charge is 0.272 e. The number of amides is 1. The summed E-state index contributed by atoms with van der Waals surface area (Å²) in [7, 11) is 0. The van der Waals surface area contributed by atoms with Crippen LogP contribution in [0.2, 0.25) is 0 Å². The lowest BCUT2D eigenvalue weighted by Crippen LogP contribution is -2.18. The zero-order valence-electron chi connectivity index (χ0n) is 10.1. The summed E-state index contributed by atoms with van der Waals surface area (Å²) in [6.45, 7) is 2.02. The number of nitrogens with one attached hydrogen (secondary N) is 2. The fourth-order valence-corrected chi connectivity index (χ4v) is 1.72. The largest absolute Gasteiger partial charge is 0.320 e. The normalized spacial score (nSPS) is 10.1. The molecule has 2 aromatic rings.